The van der Waals surface area contributed by atoms with Crippen LogP contribution in [0.4, 0.5) is 0 Å². The van der Waals surface area contributed by atoms with E-state index >= 15 is 0 Å². The number of H-pyrrole nitrogens is 1. The van der Waals surface area contributed by atoms with Gasteiger partial charge in [0, 0.05) is 0 Å². The summed E-state index contributed by atoms with van der Waals surface area (Å²) >= 11 is 0. The number of hydrogen-bond donors (Lipinski definition) is 1. The van der Waals surface area contributed by atoms with E-state index in [4.69, 9.17) is 5.26 Å². The Bertz CT molecular complexity index is 428. The largest absolute Gasteiger partial charge is 0.464 e. The molecule has 0 aliphatic carbocycles. The first-order valence-corrected chi connectivity index (χ1v) is 3.40. The minimum atomic E-state index is -0.637. The van der Waals surface area contributed by atoms with E-state index in [9.17, 15) is 9.59 Å². The minimum absolute atomic E-state index is 0.0338. The highest BCUT2D eigenvalue weighted by molar-refractivity contribution is 5.87. The topological polar surface area (TPSA) is 82.9 Å². The summed E-state index contributed by atoms with van der Waals surface area (Å²) in [6.45, 7) is 0. The van der Waals surface area contributed by atoms with Gasteiger partial charge in [0.15, 0.2) is 0 Å². The number of hydrogen-bond acceptors (Lipinski definition) is 4. The van der Waals surface area contributed by atoms with Crippen LogP contribution in [0.5, 0.6) is 0 Å². The first-order chi connectivity index (χ1) is 6.19. The van der Waals surface area contributed by atoms with Gasteiger partial charge in [0.25, 0.3) is 5.56 Å². The number of nitrogens with zero attached hydrogens (tertiary/aromatic N) is 1. The molecule has 1 aromatic heterocycles. The molecule has 1 rings (SSSR count). The molecule has 0 aliphatic rings. The van der Waals surface area contributed by atoms with Crippen LogP contribution >= 0.6 is 0 Å². The predicted molar refractivity (Wildman–Crippen MR) is 43.1 cm³/mol. The third kappa shape index (κ3) is 1.73. The van der Waals surface area contributed by atoms with E-state index in [0.29, 0.717) is 0 Å². The zero-order valence-electron chi connectivity index (χ0n) is 6.83. The molecule has 0 unspecified atom stereocenters. The number of methoxy groups -OCH3 is 1. The Kier molecular flexibility index (Phi) is 2.45. The molecular formula is C8H6N2O3. The van der Waals surface area contributed by atoms with E-state index in [2.05, 4.69) is 9.72 Å². The van der Waals surface area contributed by atoms with Gasteiger partial charge in [-0.05, 0) is 12.1 Å². The standard InChI is InChI=1S/C8H6N2O3/c1-13-8(12)6-3-2-5(4-9)7(11)10-6/h2-3H,1H3,(H,10,11). The third-order valence-electron chi connectivity index (χ3n) is 1.44. The summed E-state index contributed by atoms with van der Waals surface area (Å²) in [7, 11) is 1.21. The molecule has 0 aromatic carbocycles. The lowest BCUT2D eigenvalue weighted by molar-refractivity contribution is 0.0593. The monoisotopic (exact) mass is 178 g/mol. The Balaban J connectivity index is 3.20. The molecule has 0 saturated heterocycles. The third-order valence-corrected chi connectivity index (χ3v) is 1.44. The maximum Gasteiger partial charge on any atom is 0.354 e. The molecule has 0 saturated carbocycles. The molecule has 1 aromatic rings. The Morgan fingerprint density at radius 2 is 2.31 bits per heavy atom. The lowest BCUT2D eigenvalue weighted by Gasteiger charge is -1.97. The van der Waals surface area contributed by atoms with Crippen LogP contribution in [0.2, 0.25) is 0 Å². The molecule has 0 spiro atoms. The molecule has 1 N–H and O–H groups in total. The van der Waals surface area contributed by atoms with Crippen molar-refractivity contribution in [2.45, 2.75) is 0 Å². The Labute approximate surface area is 73.6 Å². The molecule has 13 heavy (non-hydrogen) atoms. The number of nitriles is 1. The number of nitrogens with one attached hydrogen (secondary N) is 1. The summed E-state index contributed by atoms with van der Waals surface area (Å²) in [4.78, 5) is 24.1. The molecular weight excluding hydrogens is 172 g/mol. The minimum Gasteiger partial charge on any atom is -0.464 e. The highest BCUT2D eigenvalue weighted by Gasteiger charge is 2.07. The van der Waals surface area contributed by atoms with Gasteiger partial charge in [0.2, 0.25) is 0 Å². The van der Waals surface area contributed by atoms with E-state index in [0.717, 1.165) is 0 Å². The second kappa shape index (κ2) is 3.54. The van der Waals surface area contributed by atoms with Crippen molar-refractivity contribution in [3.63, 3.8) is 0 Å². The summed E-state index contributed by atoms with van der Waals surface area (Å²) in [6.07, 6.45) is 0. The summed E-state index contributed by atoms with van der Waals surface area (Å²) in [5.74, 6) is -0.637. The zero-order chi connectivity index (χ0) is 9.84. The van der Waals surface area contributed by atoms with Crippen LogP contribution in [0.25, 0.3) is 0 Å². The molecule has 0 bridgehead atoms. The second-order valence-corrected chi connectivity index (χ2v) is 2.22. The summed E-state index contributed by atoms with van der Waals surface area (Å²) in [5.41, 5.74) is -0.593. The van der Waals surface area contributed by atoms with Crippen LogP contribution in [0, 0.1) is 11.3 Å². The van der Waals surface area contributed by atoms with Gasteiger partial charge < -0.3 is 9.72 Å². The normalized spacial score (nSPS) is 8.92. The predicted octanol–water partition coefficient (Wildman–Crippen LogP) is 0.0332. The highest BCUT2D eigenvalue weighted by Crippen LogP contribution is 1.95. The molecule has 0 fully saturated rings. The molecule has 66 valence electrons. The number of aromatic amines is 1. The van der Waals surface area contributed by atoms with Gasteiger partial charge in [-0.2, -0.15) is 5.26 Å². The van der Waals surface area contributed by atoms with Crippen LogP contribution in [0.1, 0.15) is 16.1 Å². The lowest BCUT2D eigenvalue weighted by atomic mass is 10.2. The Hall–Kier alpha value is -2.09. The van der Waals surface area contributed by atoms with Crippen LogP contribution < -0.4 is 5.56 Å². The smallest absolute Gasteiger partial charge is 0.354 e. The van der Waals surface area contributed by atoms with Crippen LogP contribution in [-0.2, 0) is 4.74 Å². The number of rotatable bonds is 1. The fourth-order valence-electron chi connectivity index (χ4n) is 0.791. The van der Waals surface area contributed by atoms with Crippen molar-refractivity contribution in [2.24, 2.45) is 0 Å². The molecule has 0 amide bonds. The van der Waals surface area contributed by atoms with Crippen LogP contribution in [0.3, 0.4) is 0 Å². The summed E-state index contributed by atoms with van der Waals surface area (Å²) in [5, 5.41) is 8.42. The number of carbonyl (C=O) groups excluding carboxylic acids is 1. The molecule has 0 radical (unpaired) electrons. The second-order valence-electron chi connectivity index (χ2n) is 2.22. The highest BCUT2D eigenvalue weighted by atomic mass is 16.5. The van der Waals surface area contributed by atoms with E-state index in [-0.39, 0.29) is 11.3 Å². The molecule has 5 nitrogen and oxygen atoms in total. The number of pyridine rings is 1. The van der Waals surface area contributed by atoms with Crippen molar-refractivity contribution in [2.75, 3.05) is 7.11 Å². The van der Waals surface area contributed by atoms with Gasteiger partial charge in [-0.15, -0.1) is 0 Å². The van der Waals surface area contributed by atoms with Crippen LogP contribution in [0.15, 0.2) is 16.9 Å². The molecule has 5 heteroatoms. The first-order valence-electron chi connectivity index (χ1n) is 3.40. The van der Waals surface area contributed by atoms with Gasteiger partial charge >= 0.3 is 5.97 Å². The Morgan fingerprint density at radius 3 is 2.77 bits per heavy atom. The quantitative estimate of drug-likeness (QED) is 0.615. The average Bonchev–Trinajstić information content (AvgIpc) is 2.16. The van der Waals surface area contributed by atoms with Crippen molar-refractivity contribution in [1.82, 2.24) is 4.98 Å². The van der Waals surface area contributed by atoms with Crippen molar-refractivity contribution in [1.29, 1.82) is 5.26 Å². The zero-order valence-corrected chi connectivity index (χ0v) is 6.83. The number of esters is 1. The number of carbonyl (C=O) groups is 1. The van der Waals surface area contributed by atoms with Gasteiger partial charge in [-0.1, -0.05) is 0 Å². The van der Waals surface area contributed by atoms with Gasteiger partial charge in [0.05, 0.1) is 7.11 Å². The Morgan fingerprint density at radius 1 is 1.62 bits per heavy atom. The van der Waals surface area contributed by atoms with Crippen molar-refractivity contribution >= 4 is 5.97 Å². The molecule has 0 aliphatic heterocycles. The summed E-state index contributed by atoms with van der Waals surface area (Å²) < 4.78 is 4.37. The van der Waals surface area contributed by atoms with E-state index in [1.54, 1.807) is 6.07 Å². The maximum atomic E-state index is 11.0. The van der Waals surface area contributed by atoms with Crippen molar-refractivity contribution < 1.29 is 9.53 Å². The first kappa shape index (κ1) is 9.00. The summed E-state index contributed by atoms with van der Waals surface area (Å²) in [6, 6.07) is 4.28. The van der Waals surface area contributed by atoms with E-state index in [1.165, 1.54) is 19.2 Å². The van der Waals surface area contributed by atoms with Gasteiger partial charge in [0.1, 0.15) is 17.3 Å². The maximum absolute atomic E-state index is 11.0. The van der Waals surface area contributed by atoms with E-state index < -0.39 is 11.5 Å². The van der Waals surface area contributed by atoms with Gasteiger partial charge in [-0.25, -0.2) is 4.79 Å². The average molecular weight is 178 g/mol. The number of aromatic nitrogens is 1. The lowest BCUT2D eigenvalue weighted by Crippen LogP contribution is -2.15. The fourth-order valence-corrected chi connectivity index (χ4v) is 0.791. The van der Waals surface area contributed by atoms with E-state index in [1.807, 2.05) is 0 Å². The molecule has 1 heterocycles. The van der Waals surface area contributed by atoms with Gasteiger partial charge in [-0.3, -0.25) is 4.79 Å². The van der Waals surface area contributed by atoms with Crippen molar-refractivity contribution in [3.8, 4) is 6.07 Å². The number of ether oxygens (including phenoxy) is 1. The van der Waals surface area contributed by atoms with Crippen LogP contribution in [-0.4, -0.2) is 18.1 Å². The fraction of sp³-hybridized carbons (Fsp3) is 0.125. The van der Waals surface area contributed by atoms with Crippen molar-refractivity contribution in [3.05, 3.63) is 33.7 Å². The SMILES string of the molecule is COC(=O)c1ccc(C#N)c(=O)[nH]1. The molecule has 0 atom stereocenters.